The van der Waals surface area contributed by atoms with E-state index < -0.39 is 0 Å². The molecule has 0 aromatic carbocycles. The molecular weight excluding hydrogens is 172 g/mol. The van der Waals surface area contributed by atoms with Gasteiger partial charge in [-0.3, -0.25) is 4.79 Å². The number of allylic oxidation sites excluding steroid dienone is 4. The Hall–Kier alpha value is -0.850. The fraction of sp³-hybridized carbons (Fsp3) is 0.615. The van der Waals surface area contributed by atoms with Gasteiger partial charge in [0.25, 0.3) is 0 Å². The van der Waals surface area contributed by atoms with Crippen LogP contribution in [0.15, 0.2) is 24.3 Å². The highest BCUT2D eigenvalue weighted by Gasteiger charge is 2.47. The van der Waals surface area contributed by atoms with Crippen LogP contribution in [0.2, 0.25) is 0 Å². The zero-order valence-corrected chi connectivity index (χ0v) is 9.21. The highest BCUT2D eigenvalue weighted by atomic mass is 16.1. The number of carbonyl (C=O) groups excluding carboxylic acids is 1. The van der Waals surface area contributed by atoms with Crippen molar-refractivity contribution in [3.05, 3.63) is 24.3 Å². The second kappa shape index (κ2) is 2.82. The molecule has 0 saturated carbocycles. The van der Waals surface area contributed by atoms with Gasteiger partial charge in [0, 0.05) is 5.41 Å². The van der Waals surface area contributed by atoms with Crippen molar-refractivity contribution in [3.63, 3.8) is 0 Å². The number of hydrogen-bond acceptors (Lipinski definition) is 1. The van der Waals surface area contributed by atoms with Gasteiger partial charge in [0.05, 0.1) is 0 Å². The molecule has 1 heteroatoms. The average Bonchev–Trinajstić information content (AvgIpc) is 2.13. The molecule has 0 fully saturated rings. The predicted octanol–water partition coefficient (Wildman–Crippen LogP) is 3.12. The van der Waals surface area contributed by atoms with Crippen LogP contribution >= 0.6 is 0 Å². The molecule has 76 valence electrons. The molecule has 0 saturated heterocycles. The topological polar surface area (TPSA) is 17.1 Å². The summed E-state index contributed by atoms with van der Waals surface area (Å²) in [5.74, 6) is 0.757. The second-order valence-electron chi connectivity index (χ2n) is 5.39. The van der Waals surface area contributed by atoms with E-state index in [0.29, 0.717) is 5.92 Å². The molecule has 14 heavy (non-hydrogen) atoms. The van der Waals surface area contributed by atoms with Crippen molar-refractivity contribution in [2.75, 3.05) is 0 Å². The molecule has 0 aromatic rings. The molecule has 0 spiro atoms. The molecule has 2 aliphatic rings. The molecule has 2 rings (SSSR count). The summed E-state index contributed by atoms with van der Waals surface area (Å²) in [4.78, 5) is 11.8. The van der Waals surface area contributed by atoms with Crippen LogP contribution in [0.1, 0.15) is 33.6 Å². The van der Waals surface area contributed by atoms with Crippen LogP contribution in [-0.2, 0) is 4.79 Å². The lowest BCUT2D eigenvalue weighted by Crippen LogP contribution is -2.45. The lowest BCUT2D eigenvalue weighted by molar-refractivity contribution is -0.128. The Morgan fingerprint density at radius 3 is 2.71 bits per heavy atom. The summed E-state index contributed by atoms with van der Waals surface area (Å²) in [5.41, 5.74) is 0.0143. The SMILES string of the molecule is CC12C=CC(=O)C(C)(C)C1CC=CC2. The van der Waals surface area contributed by atoms with Gasteiger partial charge >= 0.3 is 0 Å². The molecule has 0 amide bonds. The maximum atomic E-state index is 11.8. The summed E-state index contributed by atoms with van der Waals surface area (Å²) in [6.07, 6.45) is 10.5. The molecule has 2 atom stereocenters. The van der Waals surface area contributed by atoms with Crippen LogP contribution in [0.4, 0.5) is 0 Å². The maximum absolute atomic E-state index is 11.8. The lowest BCUT2D eigenvalue weighted by atomic mass is 9.55. The zero-order valence-electron chi connectivity index (χ0n) is 9.21. The smallest absolute Gasteiger partial charge is 0.161 e. The van der Waals surface area contributed by atoms with Crippen molar-refractivity contribution in [1.82, 2.24) is 0 Å². The Balaban J connectivity index is 2.46. The molecule has 0 heterocycles. The monoisotopic (exact) mass is 190 g/mol. The van der Waals surface area contributed by atoms with Crippen molar-refractivity contribution in [2.45, 2.75) is 33.6 Å². The molecular formula is C13H18O. The van der Waals surface area contributed by atoms with Crippen molar-refractivity contribution in [1.29, 1.82) is 0 Å². The van der Waals surface area contributed by atoms with Crippen LogP contribution in [0.5, 0.6) is 0 Å². The number of rotatable bonds is 0. The summed E-state index contributed by atoms with van der Waals surface area (Å²) in [6.45, 7) is 6.44. The summed E-state index contributed by atoms with van der Waals surface area (Å²) in [6, 6.07) is 0. The van der Waals surface area contributed by atoms with Gasteiger partial charge in [-0.2, -0.15) is 0 Å². The van der Waals surface area contributed by atoms with Crippen LogP contribution in [0, 0.1) is 16.7 Å². The van der Waals surface area contributed by atoms with Gasteiger partial charge in [-0.15, -0.1) is 0 Å². The minimum Gasteiger partial charge on any atom is -0.294 e. The van der Waals surface area contributed by atoms with Crippen LogP contribution in [0.3, 0.4) is 0 Å². The van der Waals surface area contributed by atoms with Gasteiger partial charge < -0.3 is 0 Å². The Bertz CT molecular complexity index is 322. The lowest BCUT2D eigenvalue weighted by Gasteiger charge is -2.47. The van der Waals surface area contributed by atoms with Crippen LogP contribution in [-0.4, -0.2) is 5.78 Å². The largest absolute Gasteiger partial charge is 0.294 e. The first-order valence-electron chi connectivity index (χ1n) is 5.35. The summed E-state index contributed by atoms with van der Waals surface area (Å²) < 4.78 is 0. The van der Waals surface area contributed by atoms with E-state index in [2.05, 4.69) is 39.0 Å². The summed E-state index contributed by atoms with van der Waals surface area (Å²) >= 11 is 0. The van der Waals surface area contributed by atoms with Gasteiger partial charge in [0.15, 0.2) is 5.78 Å². The Morgan fingerprint density at radius 1 is 1.29 bits per heavy atom. The predicted molar refractivity (Wildman–Crippen MR) is 57.9 cm³/mol. The highest BCUT2D eigenvalue weighted by Crippen LogP contribution is 2.51. The van der Waals surface area contributed by atoms with Gasteiger partial charge in [0.2, 0.25) is 0 Å². The van der Waals surface area contributed by atoms with E-state index in [1.165, 1.54) is 0 Å². The van der Waals surface area contributed by atoms with Crippen LogP contribution < -0.4 is 0 Å². The van der Waals surface area contributed by atoms with E-state index in [1.807, 2.05) is 0 Å². The number of hydrogen-bond donors (Lipinski definition) is 0. The van der Waals surface area contributed by atoms with Crippen molar-refractivity contribution in [2.24, 2.45) is 16.7 Å². The Kier molecular flexibility index (Phi) is 1.95. The molecule has 1 nitrogen and oxygen atoms in total. The van der Waals surface area contributed by atoms with Crippen LogP contribution in [0.25, 0.3) is 0 Å². The van der Waals surface area contributed by atoms with Crippen molar-refractivity contribution < 1.29 is 4.79 Å². The van der Waals surface area contributed by atoms with E-state index >= 15 is 0 Å². The number of carbonyl (C=O) groups is 1. The van der Waals surface area contributed by atoms with Gasteiger partial charge in [-0.1, -0.05) is 39.0 Å². The summed E-state index contributed by atoms with van der Waals surface area (Å²) in [5, 5.41) is 0. The van der Waals surface area contributed by atoms with E-state index in [1.54, 1.807) is 6.08 Å². The van der Waals surface area contributed by atoms with Crippen molar-refractivity contribution >= 4 is 5.78 Å². The zero-order chi connectivity index (χ0) is 10.4. The minimum atomic E-state index is -0.186. The normalized spacial score (nSPS) is 39.6. The van der Waals surface area contributed by atoms with E-state index in [9.17, 15) is 4.79 Å². The van der Waals surface area contributed by atoms with Gasteiger partial charge in [-0.05, 0) is 30.3 Å². The minimum absolute atomic E-state index is 0.186. The fourth-order valence-electron chi connectivity index (χ4n) is 2.94. The third kappa shape index (κ3) is 1.18. The molecule has 0 radical (unpaired) electrons. The fourth-order valence-corrected chi connectivity index (χ4v) is 2.94. The molecule has 0 aliphatic heterocycles. The van der Waals surface area contributed by atoms with E-state index in [-0.39, 0.29) is 16.6 Å². The first-order valence-corrected chi connectivity index (χ1v) is 5.35. The van der Waals surface area contributed by atoms with E-state index in [4.69, 9.17) is 0 Å². The Labute approximate surface area is 85.9 Å². The molecule has 0 aromatic heterocycles. The third-order valence-corrected chi connectivity index (χ3v) is 4.01. The highest BCUT2D eigenvalue weighted by molar-refractivity contribution is 5.95. The standard InChI is InChI=1S/C13H18O/c1-12(2)10-6-4-5-8-13(10,3)9-7-11(12)14/h4-5,7,9-10H,6,8H2,1-3H3. The number of fused-ring (bicyclic) bond motifs is 1. The molecule has 0 N–H and O–H groups in total. The molecule has 2 aliphatic carbocycles. The van der Waals surface area contributed by atoms with Crippen molar-refractivity contribution in [3.8, 4) is 0 Å². The van der Waals surface area contributed by atoms with Gasteiger partial charge in [-0.25, -0.2) is 0 Å². The third-order valence-electron chi connectivity index (χ3n) is 4.01. The molecule has 2 unspecified atom stereocenters. The van der Waals surface area contributed by atoms with Gasteiger partial charge in [0.1, 0.15) is 0 Å². The first kappa shape index (κ1) is 9.70. The molecule has 0 bridgehead atoms. The average molecular weight is 190 g/mol. The second-order valence-corrected chi connectivity index (χ2v) is 5.39. The Morgan fingerprint density at radius 2 is 2.00 bits per heavy atom. The van der Waals surface area contributed by atoms with E-state index in [0.717, 1.165) is 12.8 Å². The number of ketones is 1. The first-order chi connectivity index (χ1) is 6.47. The quantitative estimate of drug-likeness (QED) is 0.536. The summed E-state index contributed by atoms with van der Waals surface area (Å²) in [7, 11) is 0. The maximum Gasteiger partial charge on any atom is 0.161 e.